The maximum Gasteiger partial charge on any atom is 0.0208 e. The van der Waals surface area contributed by atoms with Crippen LogP contribution in [0.4, 0.5) is 0 Å². The van der Waals surface area contributed by atoms with Gasteiger partial charge in [-0.05, 0) is 41.7 Å². The van der Waals surface area contributed by atoms with Crippen molar-refractivity contribution in [1.82, 2.24) is 5.32 Å². The summed E-state index contributed by atoms with van der Waals surface area (Å²) in [7, 11) is 0. The average molecular weight is 254 g/mol. The lowest BCUT2D eigenvalue weighted by molar-refractivity contribution is 0.692. The van der Waals surface area contributed by atoms with Gasteiger partial charge in [0.05, 0.1) is 0 Å². The molecule has 0 atom stereocenters. The lowest BCUT2D eigenvalue weighted by Crippen LogP contribution is -2.13. The second-order valence-corrected chi connectivity index (χ2v) is 5.05. The molecule has 2 rings (SSSR count). The van der Waals surface area contributed by atoms with Gasteiger partial charge < -0.3 is 11.1 Å². The van der Waals surface area contributed by atoms with E-state index in [9.17, 15) is 0 Å². The molecule has 0 saturated heterocycles. The Balaban J connectivity index is 1.90. The zero-order valence-electron chi connectivity index (χ0n) is 11.7. The zero-order chi connectivity index (χ0) is 13.7. The fraction of sp³-hybridized carbons (Fsp3) is 0.294. The molecule has 19 heavy (non-hydrogen) atoms. The van der Waals surface area contributed by atoms with Crippen LogP contribution in [0.15, 0.2) is 42.5 Å². The SMILES string of the molecule is Cc1ccc(CNCc2cccc(CN)c2)cc1C. The molecule has 100 valence electrons. The summed E-state index contributed by atoms with van der Waals surface area (Å²) in [5, 5.41) is 3.48. The summed E-state index contributed by atoms with van der Waals surface area (Å²) in [6.07, 6.45) is 0. The highest BCUT2D eigenvalue weighted by Gasteiger charge is 1.98. The van der Waals surface area contributed by atoms with Crippen LogP contribution in [-0.4, -0.2) is 0 Å². The Kier molecular flexibility index (Phi) is 4.72. The molecule has 0 spiro atoms. The zero-order valence-corrected chi connectivity index (χ0v) is 11.7. The maximum absolute atomic E-state index is 5.65. The molecule has 2 nitrogen and oxygen atoms in total. The summed E-state index contributed by atoms with van der Waals surface area (Å²) in [6, 6.07) is 15.0. The van der Waals surface area contributed by atoms with Crippen molar-refractivity contribution in [3.05, 3.63) is 70.3 Å². The highest BCUT2D eigenvalue weighted by atomic mass is 14.8. The Labute approximate surface area is 115 Å². The number of benzene rings is 2. The summed E-state index contributed by atoms with van der Waals surface area (Å²) >= 11 is 0. The molecule has 0 radical (unpaired) electrons. The van der Waals surface area contributed by atoms with E-state index in [1.54, 1.807) is 0 Å². The molecule has 0 aliphatic heterocycles. The van der Waals surface area contributed by atoms with Gasteiger partial charge >= 0.3 is 0 Å². The van der Waals surface area contributed by atoms with Gasteiger partial charge in [-0.3, -0.25) is 0 Å². The summed E-state index contributed by atoms with van der Waals surface area (Å²) in [5.74, 6) is 0. The van der Waals surface area contributed by atoms with Gasteiger partial charge in [0, 0.05) is 19.6 Å². The first kappa shape index (κ1) is 13.8. The summed E-state index contributed by atoms with van der Waals surface area (Å²) in [6.45, 7) is 6.67. The molecule has 0 fully saturated rings. The lowest BCUT2D eigenvalue weighted by Gasteiger charge is -2.08. The Hall–Kier alpha value is -1.64. The fourth-order valence-corrected chi connectivity index (χ4v) is 2.13. The molecule has 2 aromatic carbocycles. The Morgan fingerprint density at radius 3 is 2.21 bits per heavy atom. The molecular formula is C17H22N2. The molecule has 0 unspecified atom stereocenters. The molecule has 0 aliphatic rings. The minimum Gasteiger partial charge on any atom is -0.326 e. The van der Waals surface area contributed by atoms with Gasteiger partial charge in [-0.2, -0.15) is 0 Å². The third kappa shape index (κ3) is 3.91. The third-order valence-electron chi connectivity index (χ3n) is 3.46. The third-order valence-corrected chi connectivity index (χ3v) is 3.46. The van der Waals surface area contributed by atoms with Gasteiger partial charge in [0.1, 0.15) is 0 Å². The minimum atomic E-state index is 0.602. The van der Waals surface area contributed by atoms with E-state index in [-0.39, 0.29) is 0 Å². The molecule has 2 heteroatoms. The van der Waals surface area contributed by atoms with Crippen LogP contribution in [-0.2, 0) is 19.6 Å². The predicted molar refractivity (Wildman–Crippen MR) is 80.8 cm³/mol. The van der Waals surface area contributed by atoms with Gasteiger partial charge in [-0.25, -0.2) is 0 Å². The van der Waals surface area contributed by atoms with Crippen LogP contribution in [0.5, 0.6) is 0 Å². The molecule has 0 amide bonds. The first-order chi connectivity index (χ1) is 9.19. The van der Waals surface area contributed by atoms with Crippen LogP contribution in [0.2, 0.25) is 0 Å². The van der Waals surface area contributed by atoms with E-state index in [1.165, 1.54) is 27.8 Å². The van der Waals surface area contributed by atoms with Crippen molar-refractivity contribution >= 4 is 0 Å². The minimum absolute atomic E-state index is 0.602. The molecule has 3 N–H and O–H groups in total. The predicted octanol–water partition coefficient (Wildman–Crippen LogP) is 3.05. The number of aryl methyl sites for hydroxylation is 2. The Morgan fingerprint density at radius 1 is 0.842 bits per heavy atom. The van der Waals surface area contributed by atoms with Gasteiger partial charge in [0.15, 0.2) is 0 Å². The average Bonchev–Trinajstić information content (AvgIpc) is 2.43. The summed E-state index contributed by atoms with van der Waals surface area (Å²) in [4.78, 5) is 0. The van der Waals surface area contributed by atoms with E-state index in [0.717, 1.165) is 13.1 Å². The van der Waals surface area contributed by atoms with E-state index in [1.807, 2.05) is 0 Å². The number of rotatable bonds is 5. The Morgan fingerprint density at radius 2 is 1.53 bits per heavy atom. The van der Waals surface area contributed by atoms with Gasteiger partial charge in [-0.15, -0.1) is 0 Å². The van der Waals surface area contributed by atoms with Crippen LogP contribution in [0.1, 0.15) is 27.8 Å². The number of hydrogen-bond donors (Lipinski definition) is 2. The van der Waals surface area contributed by atoms with E-state index >= 15 is 0 Å². The van der Waals surface area contributed by atoms with E-state index in [4.69, 9.17) is 5.73 Å². The maximum atomic E-state index is 5.65. The molecule has 0 aliphatic carbocycles. The van der Waals surface area contributed by atoms with Gasteiger partial charge in [0.2, 0.25) is 0 Å². The Bertz CT molecular complexity index is 547. The largest absolute Gasteiger partial charge is 0.326 e. The number of nitrogens with two attached hydrogens (primary N) is 1. The summed E-state index contributed by atoms with van der Waals surface area (Å²) < 4.78 is 0. The quantitative estimate of drug-likeness (QED) is 0.860. The molecule has 2 aromatic rings. The van der Waals surface area contributed by atoms with E-state index < -0.39 is 0 Å². The second kappa shape index (κ2) is 6.50. The van der Waals surface area contributed by atoms with Crippen molar-refractivity contribution in [2.75, 3.05) is 0 Å². The van der Waals surface area contributed by atoms with Crippen molar-refractivity contribution in [3.8, 4) is 0 Å². The van der Waals surface area contributed by atoms with Crippen LogP contribution in [0.3, 0.4) is 0 Å². The molecule has 0 bridgehead atoms. The van der Waals surface area contributed by atoms with Crippen molar-refractivity contribution in [2.45, 2.75) is 33.5 Å². The van der Waals surface area contributed by atoms with Crippen molar-refractivity contribution < 1.29 is 0 Å². The standard InChI is InChI=1S/C17H22N2/c1-13-6-7-17(8-14(13)2)12-19-11-16-5-3-4-15(9-16)10-18/h3-9,19H,10-12,18H2,1-2H3. The molecule has 0 aromatic heterocycles. The van der Waals surface area contributed by atoms with Crippen LogP contribution in [0, 0.1) is 13.8 Å². The number of hydrogen-bond acceptors (Lipinski definition) is 2. The molecule has 0 heterocycles. The normalized spacial score (nSPS) is 10.7. The monoisotopic (exact) mass is 254 g/mol. The highest BCUT2D eigenvalue weighted by Crippen LogP contribution is 2.10. The van der Waals surface area contributed by atoms with E-state index in [0.29, 0.717) is 6.54 Å². The van der Waals surface area contributed by atoms with Gasteiger partial charge in [-0.1, -0.05) is 42.5 Å². The van der Waals surface area contributed by atoms with Crippen LogP contribution >= 0.6 is 0 Å². The van der Waals surface area contributed by atoms with Gasteiger partial charge in [0.25, 0.3) is 0 Å². The first-order valence-corrected chi connectivity index (χ1v) is 6.74. The smallest absolute Gasteiger partial charge is 0.0208 e. The van der Waals surface area contributed by atoms with Crippen LogP contribution < -0.4 is 11.1 Å². The number of nitrogens with one attached hydrogen (secondary N) is 1. The van der Waals surface area contributed by atoms with Crippen molar-refractivity contribution in [2.24, 2.45) is 5.73 Å². The van der Waals surface area contributed by atoms with E-state index in [2.05, 4.69) is 61.6 Å². The molecular weight excluding hydrogens is 232 g/mol. The first-order valence-electron chi connectivity index (χ1n) is 6.74. The lowest BCUT2D eigenvalue weighted by atomic mass is 10.1. The molecule has 0 saturated carbocycles. The van der Waals surface area contributed by atoms with Crippen molar-refractivity contribution in [1.29, 1.82) is 0 Å². The second-order valence-electron chi connectivity index (χ2n) is 5.05. The fourth-order valence-electron chi connectivity index (χ4n) is 2.13. The highest BCUT2D eigenvalue weighted by molar-refractivity contribution is 5.30. The van der Waals surface area contributed by atoms with Crippen molar-refractivity contribution in [3.63, 3.8) is 0 Å². The topological polar surface area (TPSA) is 38.0 Å². The summed E-state index contributed by atoms with van der Waals surface area (Å²) in [5.41, 5.74) is 12.1. The van der Waals surface area contributed by atoms with Crippen LogP contribution in [0.25, 0.3) is 0 Å².